The van der Waals surface area contributed by atoms with Gasteiger partial charge in [-0.25, -0.2) is 0 Å². The predicted octanol–water partition coefficient (Wildman–Crippen LogP) is 4.79. The fourth-order valence-electron chi connectivity index (χ4n) is 4.78. The van der Waals surface area contributed by atoms with E-state index in [-0.39, 0.29) is 23.6 Å². The van der Waals surface area contributed by atoms with Crippen LogP contribution in [0.25, 0.3) is 10.8 Å². The summed E-state index contributed by atoms with van der Waals surface area (Å²) in [5.41, 5.74) is 2.26. The van der Waals surface area contributed by atoms with E-state index in [9.17, 15) is 14.4 Å². The fraction of sp³-hybridized carbons (Fsp3) is 0.296. The van der Waals surface area contributed by atoms with Gasteiger partial charge < -0.3 is 15.1 Å². The zero-order chi connectivity index (χ0) is 23.7. The normalized spacial score (nSPS) is 18.6. The van der Waals surface area contributed by atoms with Crippen molar-refractivity contribution >= 4 is 51.5 Å². The lowest BCUT2D eigenvalue weighted by atomic mass is 10.1. The Balaban J connectivity index is 1.20. The zero-order valence-corrected chi connectivity index (χ0v) is 19.6. The molecule has 3 amide bonds. The summed E-state index contributed by atoms with van der Waals surface area (Å²) in [4.78, 5) is 41.1. The first-order valence-corrected chi connectivity index (χ1v) is 12.0. The van der Waals surface area contributed by atoms with E-state index >= 15 is 0 Å². The molecule has 174 valence electrons. The number of halogens is 1. The predicted molar refractivity (Wildman–Crippen MR) is 134 cm³/mol. The topological polar surface area (TPSA) is 69.7 Å². The van der Waals surface area contributed by atoms with Crippen LogP contribution in [-0.4, -0.2) is 37.4 Å². The Labute approximate surface area is 203 Å². The summed E-state index contributed by atoms with van der Waals surface area (Å²) in [5, 5.41) is 5.46. The van der Waals surface area contributed by atoms with E-state index in [0.717, 1.165) is 41.5 Å². The van der Waals surface area contributed by atoms with Crippen molar-refractivity contribution in [3.05, 3.63) is 71.2 Å². The van der Waals surface area contributed by atoms with Crippen LogP contribution in [0.1, 0.15) is 36.0 Å². The summed E-state index contributed by atoms with van der Waals surface area (Å²) < 4.78 is 0. The van der Waals surface area contributed by atoms with Crippen LogP contribution in [0.4, 0.5) is 11.4 Å². The molecule has 2 aliphatic rings. The molecule has 3 aromatic carbocycles. The lowest BCUT2D eigenvalue weighted by Crippen LogP contribution is -2.35. The van der Waals surface area contributed by atoms with Gasteiger partial charge in [0.05, 0.1) is 0 Å². The van der Waals surface area contributed by atoms with E-state index in [0.29, 0.717) is 36.5 Å². The van der Waals surface area contributed by atoms with E-state index in [2.05, 4.69) is 5.32 Å². The number of nitrogens with zero attached hydrogens (tertiary/aromatic N) is 2. The van der Waals surface area contributed by atoms with E-state index in [1.807, 2.05) is 59.5 Å². The Morgan fingerprint density at radius 2 is 1.71 bits per heavy atom. The van der Waals surface area contributed by atoms with Crippen LogP contribution in [-0.2, 0) is 9.59 Å². The average molecular weight is 476 g/mol. The standard InChI is InChI=1S/C27H26ClN3O3/c28-24-5-3-4-19-15-20(7-12-23(19)24)27(34)29-16-18-14-26(33)31(17-18)22-10-8-21(9-11-22)30-13-2-1-6-25(30)32/h3-5,7-12,15,18H,1-2,6,13-14,16-17H2,(H,29,34). The number of fused-ring (bicyclic) bond motifs is 1. The van der Waals surface area contributed by atoms with Gasteiger partial charge in [0, 0.05) is 65.7 Å². The van der Waals surface area contributed by atoms with Gasteiger partial charge in [0.15, 0.2) is 0 Å². The first kappa shape index (κ1) is 22.4. The summed E-state index contributed by atoms with van der Waals surface area (Å²) in [6.07, 6.45) is 2.94. The Bertz CT molecular complexity index is 1260. The summed E-state index contributed by atoms with van der Waals surface area (Å²) >= 11 is 6.21. The van der Waals surface area contributed by atoms with Crippen molar-refractivity contribution in [1.29, 1.82) is 0 Å². The third kappa shape index (κ3) is 4.50. The Morgan fingerprint density at radius 1 is 0.941 bits per heavy atom. The van der Waals surface area contributed by atoms with Crippen LogP contribution in [0.15, 0.2) is 60.7 Å². The highest BCUT2D eigenvalue weighted by Crippen LogP contribution is 2.29. The monoisotopic (exact) mass is 475 g/mol. The summed E-state index contributed by atoms with van der Waals surface area (Å²) in [6.45, 7) is 1.72. The quantitative estimate of drug-likeness (QED) is 0.576. The molecular weight excluding hydrogens is 450 g/mol. The second kappa shape index (κ2) is 9.47. The number of hydrogen-bond acceptors (Lipinski definition) is 3. The molecule has 1 N–H and O–H groups in total. The van der Waals surface area contributed by atoms with Crippen LogP contribution in [0.5, 0.6) is 0 Å². The molecule has 0 aromatic heterocycles. The number of carbonyl (C=O) groups excluding carboxylic acids is 3. The van der Waals surface area contributed by atoms with Crippen molar-refractivity contribution < 1.29 is 14.4 Å². The average Bonchev–Trinajstić information content (AvgIpc) is 3.23. The molecule has 0 aliphatic carbocycles. The van der Waals surface area contributed by atoms with Crippen LogP contribution in [0, 0.1) is 5.92 Å². The van der Waals surface area contributed by atoms with Crippen molar-refractivity contribution in [2.75, 3.05) is 29.4 Å². The first-order valence-electron chi connectivity index (χ1n) is 11.7. The largest absolute Gasteiger partial charge is 0.352 e. The molecule has 2 saturated heterocycles. The van der Waals surface area contributed by atoms with Crippen LogP contribution in [0.2, 0.25) is 5.02 Å². The van der Waals surface area contributed by atoms with E-state index in [1.54, 1.807) is 11.0 Å². The van der Waals surface area contributed by atoms with Gasteiger partial charge in [-0.3, -0.25) is 14.4 Å². The molecule has 0 radical (unpaired) electrons. The maximum Gasteiger partial charge on any atom is 0.251 e. The molecule has 0 saturated carbocycles. The smallest absolute Gasteiger partial charge is 0.251 e. The van der Waals surface area contributed by atoms with Crippen LogP contribution in [0.3, 0.4) is 0 Å². The van der Waals surface area contributed by atoms with Crippen LogP contribution >= 0.6 is 11.6 Å². The number of carbonyl (C=O) groups is 3. The number of benzene rings is 3. The Kier molecular flexibility index (Phi) is 6.24. The van der Waals surface area contributed by atoms with Gasteiger partial charge in [-0.05, 0) is 60.7 Å². The number of rotatable bonds is 5. The number of amides is 3. The van der Waals surface area contributed by atoms with Crippen molar-refractivity contribution in [3.8, 4) is 0 Å². The molecule has 5 rings (SSSR count). The Morgan fingerprint density at radius 3 is 2.47 bits per heavy atom. The zero-order valence-electron chi connectivity index (χ0n) is 18.8. The number of hydrogen-bond donors (Lipinski definition) is 1. The number of anilines is 2. The van der Waals surface area contributed by atoms with Crippen LogP contribution < -0.4 is 15.1 Å². The maximum absolute atomic E-state index is 12.7. The SMILES string of the molecule is O=C(NCC1CC(=O)N(c2ccc(N3CCCCC3=O)cc2)C1)c1ccc2c(Cl)cccc2c1. The summed E-state index contributed by atoms with van der Waals surface area (Å²) in [5.74, 6) is 0.0704. The highest BCUT2D eigenvalue weighted by atomic mass is 35.5. The molecule has 6 nitrogen and oxygen atoms in total. The first-order chi connectivity index (χ1) is 16.5. The highest BCUT2D eigenvalue weighted by Gasteiger charge is 2.31. The molecular formula is C27H26ClN3O3. The molecule has 1 unspecified atom stereocenters. The maximum atomic E-state index is 12.7. The molecule has 7 heteroatoms. The molecule has 0 spiro atoms. The van der Waals surface area contributed by atoms with E-state index < -0.39 is 0 Å². The number of piperidine rings is 1. The van der Waals surface area contributed by atoms with Crippen molar-refractivity contribution in [2.24, 2.45) is 5.92 Å². The Hall–Kier alpha value is -3.38. The molecule has 2 aliphatic heterocycles. The molecule has 2 heterocycles. The molecule has 3 aromatic rings. The van der Waals surface area contributed by atoms with Gasteiger partial charge >= 0.3 is 0 Å². The number of nitrogens with one attached hydrogen (secondary N) is 1. The summed E-state index contributed by atoms with van der Waals surface area (Å²) in [7, 11) is 0. The molecule has 2 fully saturated rings. The molecule has 0 bridgehead atoms. The van der Waals surface area contributed by atoms with Gasteiger partial charge in [-0.1, -0.05) is 29.8 Å². The third-order valence-electron chi connectivity index (χ3n) is 6.64. The highest BCUT2D eigenvalue weighted by molar-refractivity contribution is 6.35. The van der Waals surface area contributed by atoms with Gasteiger partial charge in [0.25, 0.3) is 5.91 Å². The van der Waals surface area contributed by atoms with Crippen molar-refractivity contribution in [2.45, 2.75) is 25.7 Å². The van der Waals surface area contributed by atoms with Gasteiger partial charge in [-0.2, -0.15) is 0 Å². The second-order valence-electron chi connectivity index (χ2n) is 8.98. The van der Waals surface area contributed by atoms with Crippen molar-refractivity contribution in [3.63, 3.8) is 0 Å². The van der Waals surface area contributed by atoms with Gasteiger partial charge in [0.2, 0.25) is 11.8 Å². The third-order valence-corrected chi connectivity index (χ3v) is 6.97. The minimum absolute atomic E-state index is 0.0368. The van der Waals surface area contributed by atoms with Crippen molar-refractivity contribution in [1.82, 2.24) is 5.32 Å². The second-order valence-corrected chi connectivity index (χ2v) is 9.39. The van der Waals surface area contributed by atoms with E-state index in [1.165, 1.54) is 0 Å². The summed E-state index contributed by atoms with van der Waals surface area (Å²) in [6, 6.07) is 18.7. The van der Waals surface area contributed by atoms with Gasteiger partial charge in [0.1, 0.15) is 0 Å². The van der Waals surface area contributed by atoms with E-state index in [4.69, 9.17) is 11.6 Å². The lowest BCUT2D eigenvalue weighted by Gasteiger charge is -2.27. The molecule has 1 atom stereocenters. The fourth-order valence-corrected chi connectivity index (χ4v) is 5.03. The van der Waals surface area contributed by atoms with Gasteiger partial charge in [-0.15, -0.1) is 0 Å². The minimum Gasteiger partial charge on any atom is -0.352 e. The lowest BCUT2D eigenvalue weighted by molar-refractivity contribution is -0.119. The minimum atomic E-state index is -0.164. The molecule has 34 heavy (non-hydrogen) atoms.